The summed E-state index contributed by atoms with van der Waals surface area (Å²) in [7, 11) is 0. The molecule has 0 aliphatic rings. The van der Waals surface area contributed by atoms with Crippen LogP contribution in [-0.2, 0) is 9.47 Å². The van der Waals surface area contributed by atoms with Gasteiger partial charge in [-0.1, -0.05) is 0 Å². The van der Waals surface area contributed by atoms with Crippen molar-refractivity contribution in [1.82, 2.24) is 0 Å². The van der Waals surface area contributed by atoms with E-state index in [-0.39, 0.29) is 0 Å². The van der Waals surface area contributed by atoms with E-state index in [2.05, 4.69) is 9.47 Å². The Morgan fingerprint density at radius 3 is 1.23 bits per heavy atom. The second kappa shape index (κ2) is 8.76. The van der Waals surface area contributed by atoms with Crippen LogP contribution in [-0.4, -0.2) is 79.9 Å². The molecule has 0 saturated heterocycles. The Hall–Kier alpha value is -1.17. The monoisotopic (exact) mass is 488 g/mol. The van der Waals surface area contributed by atoms with Gasteiger partial charge in [0.05, 0.1) is 26.4 Å². The van der Waals surface area contributed by atoms with Gasteiger partial charge in [0.2, 0.25) is 0 Å². The first-order chi connectivity index (χ1) is 13.1. The Balaban J connectivity index is 5.83. The van der Waals surface area contributed by atoms with Crippen molar-refractivity contribution in [3.63, 3.8) is 0 Å². The van der Waals surface area contributed by atoms with E-state index in [4.69, 9.17) is 5.11 Å². The Labute approximate surface area is 156 Å². The van der Waals surface area contributed by atoms with Crippen LogP contribution in [0.4, 0.5) is 65.9 Å². The Morgan fingerprint density at radius 1 is 0.467 bits per heavy atom. The Bertz CT molecular complexity index is 558. The van der Waals surface area contributed by atoms with Crippen LogP contribution < -0.4 is 0 Å². The molecule has 0 fully saturated rings. The van der Waals surface area contributed by atoms with E-state index in [1.807, 2.05) is 0 Å². The minimum Gasteiger partial charge on any atom is -0.394 e. The molecule has 182 valence electrons. The number of aliphatic hydroxyl groups is 1. The highest BCUT2D eigenvalue weighted by Crippen LogP contribution is 2.62. The van der Waals surface area contributed by atoms with Gasteiger partial charge >= 0.3 is 41.7 Å². The molecule has 3 nitrogen and oxygen atoms in total. The summed E-state index contributed by atoms with van der Waals surface area (Å²) >= 11 is 0. The smallest absolute Gasteiger partial charge is 0.394 e. The lowest BCUT2D eigenvalue weighted by molar-refractivity contribution is -0.453. The quantitative estimate of drug-likeness (QED) is 0.328. The first-order valence-corrected chi connectivity index (χ1v) is 7.16. The highest BCUT2D eigenvalue weighted by atomic mass is 19.4. The normalized spacial score (nSPS) is 15.6. The summed E-state index contributed by atoms with van der Waals surface area (Å²) in [6.45, 7) is -5.73. The number of hydrogen-bond acceptors (Lipinski definition) is 3. The molecule has 0 saturated carbocycles. The molecule has 0 aromatic heterocycles. The lowest BCUT2D eigenvalue weighted by atomic mass is 9.91. The van der Waals surface area contributed by atoms with Crippen LogP contribution in [0, 0.1) is 0 Å². The summed E-state index contributed by atoms with van der Waals surface area (Å²) in [6.07, 6.45) is -7.63. The zero-order valence-electron chi connectivity index (χ0n) is 14.0. The highest BCUT2D eigenvalue weighted by Gasteiger charge is 2.93. The van der Waals surface area contributed by atoms with Crippen molar-refractivity contribution >= 4 is 0 Å². The van der Waals surface area contributed by atoms with Gasteiger partial charge in [-0.3, -0.25) is 0 Å². The molecule has 0 bridgehead atoms. The number of alkyl halides is 15. The van der Waals surface area contributed by atoms with E-state index >= 15 is 0 Å². The molecule has 0 aliphatic heterocycles. The molecule has 18 heteroatoms. The van der Waals surface area contributed by atoms with Crippen molar-refractivity contribution in [3.05, 3.63) is 0 Å². The van der Waals surface area contributed by atoms with Gasteiger partial charge in [0.1, 0.15) is 6.61 Å². The van der Waals surface area contributed by atoms with Crippen LogP contribution in [0.1, 0.15) is 0 Å². The molecule has 0 spiro atoms. The fourth-order valence-corrected chi connectivity index (χ4v) is 1.57. The fraction of sp³-hybridized carbons (Fsp3) is 1.00. The third-order valence-corrected chi connectivity index (χ3v) is 3.28. The number of ether oxygens (including phenoxy) is 2. The average Bonchev–Trinajstić information content (AvgIpc) is 2.56. The summed E-state index contributed by atoms with van der Waals surface area (Å²) in [6, 6.07) is 0. The van der Waals surface area contributed by atoms with E-state index < -0.39 is 74.7 Å². The molecule has 0 aromatic rings. The molecule has 30 heavy (non-hydrogen) atoms. The lowest BCUT2D eigenvalue weighted by Crippen LogP contribution is -2.73. The van der Waals surface area contributed by atoms with E-state index in [9.17, 15) is 65.9 Å². The second-order valence-electron chi connectivity index (χ2n) is 5.46. The molecule has 0 rings (SSSR count). The number of hydrogen-bond donors (Lipinski definition) is 1. The summed E-state index contributed by atoms with van der Waals surface area (Å²) < 4.78 is 201. The van der Waals surface area contributed by atoms with Crippen LogP contribution in [0.15, 0.2) is 0 Å². The van der Waals surface area contributed by atoms with Crippen LogP contribution in [0.5, 0.6) is 0 Å². The zero-order chi connectivity index (χ0) is 24.4. The van der Waals surface area contributed by atoms with E-state index in [0.717, 1.165) is 0 Å². The maximum absolute atomic E-state index is 13.3. The van der Waals surface area contributed by atoms with E-state index in [1.165, 1.54) is 0 Å². The Kier molecular flexibility index (Phi) is 8.42. The van der Waals surface area contributed by atoms with Crippen molar-refractivity contribution < 1.29 is 80.4 Å². The minimum atomic E-state index is -8.31. The number of rotatable bonds is 12. The molecule has 0 atom stereocenters. The van der Waals surface area contributed by atoms with Gasteiger partial charge in [0, 0.05) is 0 Å². The van der Waals surface area contributed by atoms with Crippen molar-refractivity contribution in [2.24, 2.45) is 0 Å². The molecule has 0 heterocycles. The molecular weight excluding hydrogens is 477 g/mol. The largest absolute Gasteiger partial charge is 0.460 e. The van der Waals surface area contributed by atoms with Gasteiger partial charge in [-0.15, -0.1) is 0 Å². The van der Waals surface area contributed by atoms with Crippen LogP contribution in [0.3, 0.4) is 0 Å². The standard InChI is InChI=1S/C12H11F15O3/c13-6(14,5-30-4-3-29-2-1-28)7(15,16)8(17,18)9(19,20)10(21,22)11(23,24)12(25,26)27/h28H,1-5H2. The van der Waals surface area contributed by atoms with Crippen molar-refractivity contribution in [2.75, 3.05) is 33.0 Å². The van der Waals surface area contributed by atoms with Gasteiger partial charge in [-0.05, 0) is 0 Å². The maximum atomic E-state index is 13.3. The third kappa shape index (κ3) is 4.68. The summed E-state index contributed by atoms with van der Waals surface area (Å²) in [4.78, 5) is 0. The van der Waals surface area contributed by atoms with Gasteiger partial charge in [-0.2, -0.15) is 65.9 Å². The predicted octanol–water partition coefficient (Wildman–Crippen LogP) is 4.39. The average molecular weight is 488 g/mol. The number of aliphatic hydroxyl groups excluding tert-OH is 1. The van der Waals surface area contributed by atoms with Gasteiger partial charge in [0.15, 0.2) is 0 Å². The first-order valence-electron chi connectivity index (χ1n) is 7.16. The Morgan fingerprint density at radius 2 is 0.833 bits per heavy atom. The SMILES string of the molecule is OCCOCCOCC(F)(F)C(F)(F)C(F)(F)C(F)(F)C(F)(F)C(F)(F)C(F)(F)F. The number of halogens is 15. The zero-order valence-corrected chi connectivity index (χ0v) is 14.0. The van der Waals surface area contributed by atoms with Crippen molar-refractivity contribution in [3.8, 4) is 0 Å². The van der Waals surface area contributed by atoms with Gasteiger partial charge in [-0.25, -0.2) is 0 Å². The molecule has 0 radical (unpaired) electrons. The fourth-order valence-electron chi connectivity index (χ4n) is 1.57. The molecule has 0 aliphatic carbocycles. The first kappa shape index (κ1) is 28.8. The summed E-state index contributed by atoms with van der Waals surface area (Å²) in [5.74, 6) is -46.7. The molecule has 0 aromatic carbocycles. The van der Waals surface area contributed by atoms with Crippen LogP contribution >= 0.6 is 0 Å². The van der Waals surface area contributed by atoms with Crippen molar-refractivity contribution in [1.29, 1.82) is 0 Å². The van der Waals surface area contributed by atoms with Crippen LogP contribution in [0.2, 0.25) is 0 Å². The van der Waals surface area contributed by atoms with Gasteiger partial charge in [0.25, 0.3) is 0 Å². The van der Waals surface area contributed by atoms with Crippen molar-refractivity contribution in [2.45, 2.75) is 41.7 Å². The molecule has 1 N–H and O–H groups in total. The summed E-state index contributed by atoms with van der Waals surface area (Å²) in [5, 5.41) is 8.27. The minimum absolute atomic E-state index is 0.428. The molecule has 0 unspecified atom stereocenters. The van der Waals surface area contributed by atoms with Gasteiger partial charge < -0.3 is 14.6 Å². The third-order valence-electron chi connectivity index (χ3n) is 3.28. The lowest BCUT2D eigenvalue weighted by Gasteiger charge is -2.41. The van der Waals surface area contributed by atoms with E-state index in [0.29, 0.717) is 0 Å². The molecular formula is C12H11F15O3. The summed E-state index contributed by atoms with van der Waals surface area (Å²) in [5.41, 5.74) is 0. The highest BCUT2D eigenvalue weighted by molar-refractivity contribution is 5.13. The van der Waals surface area contributed by atoms with Crippen LogP contribution in [0.25, 0.3) is 0 Å². The topological polar surface area (TPSA) is 38.7 Å². The molecule has 0 amide bonds. The van der Waals surface area contributed by atoms with E-state index in [1.54, 1.807) is 0 Å². The maximum Gasteiger partial charge on any atom is 0.460 e. The predicted molar refractivity (Wildman–Crippen MR) is 64.5 cm³/mol. The second-order valence-corrected chi connectivity index (χ2v) is 5.46.